The van der Waals surface area contributed by atoms with Gasteiger partial charge in [0.25, 0.3) is 0 Å². The van der Waals surface area contributed by atoms with Crippen molar-refractivity contribution in [1.29, 1.82) is 0 Å². The van der Waals surface area contributed by atoms with E-state index in [1.165, 1.54) is 19.2 Å². The largest absolute Gasteiger partial charge is 0.465 e. The fraction of sp³-hybridized carbons (Fsp3) is 0.0714. The fourth-order valence-corrected chi connectivity index (χ4v) is 4.48. The Hall–Kier alpha value is -3.68. The van der Waals surface area contributed by atoms with E-state index in [4.69, 9.17) is 16.3 Å². The van der Waals surface area contributed by atoms with Gasteiger partial charge in [-0.15, -0.1) is 0 Å². The summed E-state index contributed by atoms with van der Waals surface area (Å²) < 4.78 is 31.8. The van der Waals surface area contributed by atoms with Crippen molar-refractivity contribution >= 4 is 40.8 Å². The Morgan fingerprint density at radius 1 is 0.806 bits per heavy atom. The highest BCUT2D eigenvalue weighted by Crippen LogP contribution is 2.31. The summed E-state index contributed by atoms with van der Waals surface area (Å²) in [6.45, 7) is 0.593. The van der Waals surface area contributed by atoms with Crippen molar-refractivity contribution in [2.75, 3.05) is 12.4 Å². The molecular formula is C28H20ClF2NO3S. The standard InChI is InChI=1S/C28H20ClF2NO3S/c1-35-28(34)20-12-19(13-24(14-20)36-23-10-11-25(30)26(31)15-23)27(33)18-4-8-22(9-5-18)32-16-17-2-6-21(29)7-3-17/h2-15,32H,16H2,1H3. The number of carbonyl (C=O) groups is 2. The van der Waals surface area contributed by atoms with Crippen LogP contribution in [0.1, 0.15) is 31.8 Å². The van der Waals surface area contributed by atoms with Gasteiger partial charge in [0.1, 0.15) is 0 Å². The zero-order valence-electron chi connectivity index (χ0n) is 19.1. The van der Waals surface area contributed by atoms with Crippen LogP contribution in [0, 0.1) is 11.6 Å². The van der Waals surface area contributed by atoms with Gasteiger partial charge >= 0.3 is 5.97 Å². The lowest BCUT2D eigenvalue weighted by atomic mass is 10.0. The average molecular weight is 524 g/mol. The topological polar surface area (TPSA) is 55.4 Å². The molecule has 182 valence electrons. The number of rotatable bonds is 8. The Morgan fingerprint density at radius 3 is 2.17 bits per heavy atom. The van der Waals surface area contributed by atoms with E-state index in [9.17, 15) is 18.4 Å². The number of esters is 1. The van der Waals surface area contributed by atoms with Gasteiger partial charge in [-0.25, -0.2) is 13.6 Å². The number of hydrogen-bond donors (Lipinski definition) is 1. The van der Waals surface area contributed by atoms with E-state index in [-0.39, 0.29) is 16.9 Å². The van der Waals surface area contributed by atoms with Crippen molar-refractivity contribution in [1.82, 2.24) is 0 Å². The van der Waals surface area contributed by atoms with E-state index in [1.54, 1.807) is 36.4 Å². The van der Waals surface area contributed by atoms with Gasteiger partial charge in [-0.05, 0) is 78.4 Å². The first kappa shape index (κ1) is 25.4. The minimum atomic E-state index is -0.981. The average Bonchev–Trinajstić information content (AvgIpc) is 2.89. The van der Waals surface area contributed by atoms with Gasteiger partial charge in [0.05, 0.1) is 12.7 Å². The van der Waals surface area contributed by atoms with Crippen molar-refractivity contribution in [2.24, 2.45) is 0 Å². The highest BCUT2D eigenvalue weighted by molar-refractivity contribution is 7.99. The molecule has 0 aliphatic rings. The minimum Gasteiger partial charge on any atom is -0.465 e. The first-order chi connectivity index (χ1) is 17.3. The lowest BCUT2D eigenvalue weighted by Gasteiger charge is -2.10. The SMILES string of the molecule is COC(=O)c1cc(Sc2ccc(F)c(F)c2)cc(C(=O)c2ccc(NCc3ccc(Cl)cc3)cc2)c1. The second-order valence-corrected chi connectivity index (χ2v) is 9.39. The second-order valence-electron chi connectivity index (χ2n) is 7.80. The second kappa shape index (κ2) is 11.4. The molecule has 0 radical (unpaired) electrons. The quantitative estimate of drug-likeness (QED) is 0.193. The van der Waals surface area contributed by atoms with Gasteiger partial charge in [-0.3, -0.25) is 4.79 Å². The number of halogens is 3. The van der Waals surface area contributed by atoms with Crippen LogP contribution >= 0.6 is 23.4 Å². The molecule has 0 bridgehead atoms. The van der Waals surface area contributed by atoms with E-state index in [0.717, 1.165) is 35.1 Å². The molecule has 0 spiro atoms. The first-order valence-electron chi connectivity index (χ1n) is 10.8. The molecule has 1 N–H and O–H groups in total. The van der Waals surface area contributed by atoms with Crippen LogP contribution in [0.3, 0.4) is 0 Å². The van der Waals surface area contributed by atoms with Crippen LogP contribution in [0.25, 0.3) is 0 Å². The molecule has 0 aromatic heterocycles. The number of nitrogens with one attached hydrogen (secondary N) is 1. The molecule has 4 aromatic rings. The Kier molecular flexibility index (Phi) is 8.03. The summed E-state index contributed by atoms with van der Waals surface area (Å²) in [7, 11) is 1.24. The van der Waals surface area contributed by atoms with Gasteiger partial charge in [-0.2, -0.15) is 0 Å². The maximum Gasteiger partial charge on any atom is 0.337 e. The number of carbonyl (C=O) groups excluding carboxylic acids is 2. The highest BCUT2D eigenvalue weighted by atomic mass is 35.5. The molecule has 0 saturated carbocycles. The minimum absolute atomic E-state index is 0.176. The molecule has 0 aliphatic heterocycles. The van der Waals surface area contributed by atoms with Crippen LogP contribution in [-0.2, 0) is 11.3 Å². The summed E-state index contributed by atoms with van der Waals surface area (Å²) in [5.74, 6) is -2.84. The summed E-state index contributed by atoms with van der Waals surface area (Å²) in [5.41, 5.74) is 2.77. The van der Waals surface area contributed by atoms with E-state index >= 15 is 0 Å². The maximum atomic E-state index is 13.6. The molecule has 0 amide bonds. The normalized spacial score (nSPS) is 10.7. The molecule has 0 fully saturated rings. The molecule has 8 heteroatoms. The molecular weight excluding hydrogens is 504 g/mol. The molecule has 0 aliphatic carbocycles. The third-order valence-corrected chi connectivity index (χ3v) is 6.49. The molecule has 0 atom stereocenters. The lowest BCUT2D eigenvalue weighted by molar-refractivity contribution is 0.0600. The molecule has 0 saturated heterocycles. The predicted molar refractivity (Wildman–Crippen MR) is 137 cm³/mol. The summed E-state index contributed by atoms with van der Waals surface area (Å²) in [6.07, 6.45) is 0. The summed E-state index contributed by atoms with van der Waals surface area (Å²) in [6, 6.07) is 22.6. The smallest absolute Gasteiger partial charge is 0.337 e. The molecule has 0 heterocycles. The van der Waals surface area contributed by atoms with E-state index in [1.807, 2.05) is 24.3 Å². The van der Waals surface area contributed by atoms with Gasteiger partial charge in [-0.1, -0.05) is 35.5 Å². The van der Waals surface area contributed by atoms with Gasteiger partial charge in [0, 0.05) is 38.2 Å². The predicted octanol–water partition coefficient (Wildman–Crippen LogP) is 7.40. The van der Waals surface area contributed by atoms with Crippen LogP contribution in [0.4, 0.5) is 14.5 Å². The molecule has 4 rings (SSSR count). The van der Waals surface area contributed by atoms with Crippen LogP contribution in [-0.4, -0.2) is 18.9 Å². The van der Waals surface area contributed by atoms with E-state index in [2.05, 4.69) is 5.32 Å². The third-order valence-electron chi connectivity index (χ3n) is 5.27. The van der Waals surface area contributed by atoms with E-state index in [0.29, 0.717) is 26.9 Å². The lowest BCUT2D eigenvalue weighted by Crippen LogP contribution is -2.07. The van der Waals surface area contributed by atoms with Crippen molar-refractivity contribution in [2.45, 2.75) is 16.3 Å². The van der Waals surface area contributed by atoms with Crippen LogP contribution in [0.15, 0.2) is 94.7 Å². The first-order valence-corrected chi connectivity index (χ1v) is 12.0. The van der Waals surface area contributed by atoms with Gasteiger partial charge in [0.2, 0.25) is 0 Å². The molecule has 4 aromatic carbocycles. The van der Waals surface area contributed by atoms with Gasteiger partial charge < -0.3 is 10.1 Å². The molecule has 0 unspecified atom stereocenters. The fourth-order valence-electron chi connectivity index (χ4n) is 3.41. The molecule has 4 nitrogen and oxygen atoms in total. The monoisotopic (exact) mass is 523 g/mol. The van der Waals surface area contributed by atoms with Crippen molar-refractivity contribution in [3.8, 4) is 0 Å². The Bertz CT molecular complexity index is 1410. The Balaban J connectivity index is 1.54. The number of anilines is 1. The Labute approximate surface area is 216 Å². The number of methoxy groups -OCH3 is 1. The highest BCUT2D eigenvalue weighted by Gasteiger charge is 2.16. The Morgan fingerprint density at radius 2 is 1.50 bits per heavy atom. The van der Waals surface area contributed by atoms with Crippen molar-refractivity contribution < 1.29 is 23.1 Å². The maximum absolute atomic E-state index is 13.6. The molecule has 36 heavy (non-hydrogen) atoms. The van der Waals surface area contributed by atoms with Crippen LogP contribution in [0.2, 0.25) is 5.02 Å². The van der Waals surface area contributed by atoms with Crippen LogP contribution < -0.4 is 5.32 Å². The summed E-state index contributed by atoms with van der Waals surface area (Å²) in [5, 5.41) is 3.96. The van der Waals surface area contributed by atoms with Crippen molar-refractivity contribution in [3.63, 3.8) is 0 Å². The van der Waals surface area contributed by atoms with Gasteiger partial charge in [0.15, 0.2) is 17.4 Å². The van der Waals surface area contributed by atoms with Crippen molar-refractivity contribution in [3.05, 3.63) is 124 Å². The third kappa shape index (κ3) is 6.30. The zero-order chi connectivity index (χ0) is 25.7. The zero-order valence-corrected chi connectivity index (χ0v) is 20.6. The van der Waals surface area contributed by atoms with E-state index < -0.39 is 17.6 Å². The summed E-state index contributed by atoms with van der Waals surface area (Å²) in [4.78, 5) is 26.4. The summed E-state index contributed by atoms with van der Waals surface area (Å²) >= 11 is 7.02. The number of ether oxygens (including phenoxy) is 1. The number of ketones is 1. The number of benzene rings is 4. The van der Waals surface area contributed by atoms with Crippen LogP contribution in [0.5, 0.6) is 0 Å². The number of hydrogen-bond acceptors (Lipinski definition) is 5.